The maximum Gasteiger partial charge on any atom is 0.263 e. The molecule has 152 valence electrons. The van der Waals surface area contributed by atoms with E-state index in [-0.39, 0.29) is 6.10 Å². The van der Waals surface area contributed by atoms with Gasteiger partial charge in [-0.1, -0.05) is 36.4 Å². The van der Waals surface area contributed by atoms with Crippen molar-refractivity contribution in [3.8, 4) is 16.9 Å². The van der Waals surface area contributed by atoms with Crippen LogP contribution in [-0.2, 0) is 16.2 Å². The number of ether oxygens (including phenoxy) is 1. The number of hydrogen-bond donors (Lipinski definition) is 3. The summed E-state index contributed by atoms with van der Waals surface area (Å²) in [7, 11) is 1.65. The summed E-state index contributed by atoms with van der Waals surface area (Å²) < 4.78 is 5.20. The number of benzene rings is 2. The lowest BCUT2D eigenvalue weighted by Crippen LogP contribution is -2.55. The van der Waals surface area contributed by atoms with Crippen molar-refractivity contribution in [3.05, 3.63) is 54.1 Å². The van der Waals surface area contributed by atoms with Gasteiger partial charge in [-0.3, -0.25) is 14.8 Å². The highest BCUT2D eigenvalue weighted by molar-refractivity contribution is 5.80. The topological polar surface area (TPSA) is 98.7 Å². The Morgan fingerprint density at radius 1 is 1.11 bits per heavy atom. The summed E-state index contributed by atoms with van der Waals surface area (Å²) in [5, 5.41) is 10.7. The Morgan fingerprint density at radius 2 is 1.68 bits per heavy atom. The van der Waals surface area contributed by atoms with Crippen molar-refractivity contribution in [2.24, 2.45) is 0 Å². The van der Waals surface area contributed by atoms with Crippen molar-refractivity contribution in [2.45, 2.75) is 39.0 Å². The zero-order chi connectivity index (χ0) is 20.5. The first-order valence-electron chi connectivity index (χ1n) is 9.38. The lowest BCUT2D eigenvalue weighted by atomic mass is 10.0. The third kappa shape index (κ3) is 6.03. The molecule has 0 spiro atoms. The predicted octanol–water partition coefficient (Wildman–Crippen LogP) is 2.01. The van der Waals surface area contributed by atoms with Crippen molar-refractivity contribution in [1.82, 2.24) is 10.5 Å². The highest BCUT2D eigenvalue weighted by Gasteiger charge is 2.27. The SMILES string of the molecule is COc1ccc(-c2ccc(CN(OC(C)C)[C@H](CC[NH3+])C(=O)NO)cc2)cc1. The second kappa shape index (κ2) is 10.8. The molecule has 1 atom stereocenters. The molecule has 0 aromatic heterocycles. The molecular weight excluding hydrogens is 358 g/mol. The van der Waals surface area contributed by atoms with Crippen LogP contribution in [0.2, 0.25) is 0 Å². The fourth-order valence-corrected chi connectivity index (χ4v) is 2.93. The van der Waals surface area contributed by atoms with Gasteiger partial charge in [0.15, 0.2) is 0 Å². The van der Waals surface area contributed by atoms with E-state index in [2.05, 4.69) is 5.73 Å². The van der Waals surface area contributed by atoms with Crippen molar-refractivity contribution >= 4 is 5.91 Å². The van der Waals surface area contributed by atoms with Gasteiger partial charge in [-0.25, -0.2) is 5.48 Å². The number of nitrogens with one attached hydrogen (secondary N) is 1. The Kier molecular flexibility index (Phi) is 8.41. The molecule has 0 saturated carbocycles. The van der Waals surface area contributed by atoms with Gasteiger partial charge in [0, 0.05) is 6.42 Å². The number of carbonyl (C=O) groups is 1. The third-order valence-electron chi connectivity index (χ3n) is 4.30. The number of quaternary nitrogens is 1. The van der Waals surface area contributed by atoms with E-state index in [1.807, 2.05) is 62.4 Å². The average molecular weight is 388 g/mol. The first-order valence-corrected chi connectivity index (χ1v) is 9.38. The molecule has 28 heavy (non-hydrogen) atoms. The van der Waals surface area contributed by atoms with Gasteiger partial charge in [0.1, 0.15) is 11.8 Å². The minimum atomic E-state index is -0.619. The first kappa shape index (κ1) is 21.8. The molecule has 7 heteroatoms. The minimum absolute atomic E-state index is 0.0996. The number of methoxy groups -OCH3 is 1. The van der Waals surface area contributed by atoms with Gasteiger partial charge < -0.3 is 10.5 Å². The zero-order valence-electron chi connectivity index (χ0n) is 16.7. The molecule has 2 aromatic rings. The van der Waals surface area contributed by atoms with Gasteiger partial charge in [-0.2, -0.15) is 5.06 Å². The van der Waals surface area contributed by atoms with Crippen molar-refractivity contribution in [1.29, 1.82) is 0 Å². The summed E-state index contributed by atoms with van der Waals surface area (Å²) in [6, 6.07) is 15.3. The van der Waals surface area contributed by atoms with E-state index in [0.717, 1.165) is 22.4 Å². The summed E-state index contributed by atoms with van der Waals surface area (Å²) in [6.07, 6.45) is 0.376. The number of hydroxylamine groups is 3. The molecule has 5 N–H and O–H groups in total. The molecule has 0 aliphatic carbocycles. The minimum Gasteiger partial charge on any atom is -0.497 e. The second-order valence-corrected chi connectivity index (χ2v) is 6.79. The van der Waals surface area contributed by atoms with Crippen LogP contribution in [0, 0.1) is 0 Å². The largest absolute Gasteiger partial charge is 0.497 e. The monoisotopic (exact) mass is 388 g/mol. The van der Waals surface area contributed by atoms with Crippen LogP contribution in [0.4, 0.5) is 0 Å². The number of nitrogens with zero attached hydrogens (tertiary/aromatic N) is 1. The van der Waals surface area contributed by atoms with Crippen LogP contribution in [0.5, 0.6) is 5.75 Å². The Labute approximate surface area is 166 Å². The molecule has 0 bridgehead atoms. The highest BCUT2D eigenvalue weighted by atomic mass is 16.7. The summed E-state index contributed by atoms with van der Waals surface area (Å²) in [5.41, 5.74) is 8.73. The van der Waals surface area contributed by atoms with Crippen LogP contribution < -0.4 is 16.0 Å². The van der Waals surface area contributed by atoms with Crippen LogP contribution in [0.3, 0.4) is 0 Å². The number of rotatable bonds is 10. The average Bonchev–Trinajstić information content (AvgIpc) is 2.71. The van der Waals surface area contributed by atoms with Crippen LogP contribution >= 0.6 is 0 Å². The van der Waals surface area contributed by atoms with Gasteiger partial charge in [0.05, 0.1) is 26.3 Å². The first-order chi connectivity index (χ1) is 13.5. The van der Waals surface area contributed by atoms with E-state index in [9.17, 15) is 4.79 Å². The zero-order valence-corrected chi connectivity index (χ0v) is 16.7. The lowest BCUT2D eigenvalue weighted by molar-refractivity contribution is -0.372. The maximum absolute atomic E-state index is 12.1. The standard InChI is InChI=1S/C21H29N3O4/c1-15(2)28-24(20(12-13-22)21(25)23-26)14-16-4-6-17(7-5-16)18-8-10-19(27-3)11-9-18/h4-11,15,20,26H,12-14,22H2,1-3H3,(H,23,25)/p+1/t20-/m1/s1. The second-order valence-electron chi connectivity index (χ2n) is 6.79. The molecule has 0 radical (unpaired) electrons. The Hall–Kier alpha value is -2.45. The lowest BCUT2D eigenvalue weighted by Gasteiger charge is -2.30. The van der Waals surface area contributed by atoms with Gasteiger partial charge in [0.2, 0.25) is 0 Å². The van der Waals surface area contributed by atoms with E-state index in [4.69, 9.17) is 14.8 Å². The summed E-state index contributed by atoms with van der Waals surface area (Å²) in [4.78, 5) is 17.9. The van der Waals surface area contributed by atoms with Gasteiger partial charge in [-0.15, -0.1) is 0 Å². The summed E-state index contributed by atoms with van der Waals surface area (Å²) >= 11 is 0. The Bertz CT molecular complexity index is 732. The van der Waals surface area contributed by atoms with Gasteiger partial charge >= 0.3 is 0 Å². The van der Waals surface area contributed by atoms with Crippen LogP contribution in [0.1, 0.15) is 25.8 Å². The number of carbonyl (C=O) groups excluding carboxylic acids is 1. The fourth-order valence-electron chi connectivity index (χ4n) is 2.93. The Morgan fingerprint density at radius 3 is 2.14 bits per heavy atom. The molecule has 7 nitrogen and oxygen atoms in total. The van der Waals surface area contributed by atoms with Crippen LogP contribution in [0.25, 0.3) is 11.1 Å². The molecule has 0 fully saturated rings. The van der Waals surface area contributed by atoms with E-state index in [1.165, 1.54) is 0 Å². The van der Waals surface area contributed by atoms with Crippen LogP contribution in [-0.4, -0.2) is 42.0 Å². The van der Waals surface area contributed by atoms with Crippen molar-refractivity contribution < 1.29 is 25.3 Å². The summed E-state index contributed by atoms with van der Waals surface area (Å²) in [6.45, 7) is 4.77. The molecule has 0 aliphatic rings. The van der Waals surface area contributed by atoms with Crippen molar-refractivity contribution in [3.63, 3.8) is 0 Å². The van der Waals surface area contributed by atoms with Crippen molar-refractivity contribution in [2.75, 3.05) is 13.7 Å². The molecular formula is C21H30N3O4+. The molecule has 0 unspecified atom stereocenters. The quantitative estimate of drug-likeness (QED) is 0.427. The molecule has 2 rings (SSSR count). The van der Waals surface area contributed by atoms with E-state index < -0.39 is 11.9 Å². The molecule has 1 amide bonds. The number of amides is 1. The Balaban J connectivity index is 2.17. The van der Waals surface area contributed by atoms with Gasteiger partial charge in [-0.05, 0) is 42.7 Å². The normalized spacial score (nSPS) is 12.2. The highest BCUT2D eigenvalue weighted by Crippen LogP contribution is 2.23. The van der Waals surface area contributed by atoms with E-state index in [1.54, 1.807) is 17.7 Å². The van der Waals surface area contributed by atoms with E-state index in [0.29, 0.717) is 19.5 Å². The molecule has 0 aliphatic heterocycles. The third-order valence-corrected chi connectivity index (χ3v) is 4.30. The van der Waals surface area contributed by atoms with Gasteiger partial charge in [0.25, 0.3) is 5.91 Å². The fraction of sp³-hybridized carbons (Fsp3) is 0.381. The predicted molar refractivity (Wildman–Crippen MR) is 106 cm³/mol. The number of hydrogen-bond acceptors (Lipinski definition) is 5. The smallest absolute Gasteiger partial charge is 0.263 e. The molecule has 0 heterocycles. The molecule has 0 saturated heterocycles. The summed E-state index contributed by atoms with van der Waals surface area (Å²) in [5.74, 6) is 0.319. The van der Waals surface area contributed by atoms with E-state index >= 15 is 0 Å². The molecule has 2 aromatic carbocycles. The maximum atomic E-state index is 12.1. The van der Waals surface area contributed by atoms with Crippen LogP contribution in [0.15, 0.2) is 48.5 Å².